The summed E-state index contributed by atoms with van der Waals surface area (Å²) >= 11 is 0. The molecule has 0 saturated carbocycles. The molecule has 0 spiro atoms. The summed E-state index contributed by atoms with van der Waals surface area (Å²) in [6, 6.07) is 29.8. The summed E-state index contributed by atoms with van der Waals surface area (Å²) in [5.74, 6) is -0.373. The standard InChI is InChI=1S/C56H68O12/c1-3-51(57)63-39-19-15-11-7-5-9-13-17-37-61-49-33-29-45(30-34-49)43-21-25-47(26-22-43)53(59)67-55-56(66-42-41-65-55)68-54(60)48-27-23-44(24-28-48)46-31-35-50(36-32-46)62-38-18-14-10-6-8-12-16-20-40-64-52(58)4-2/h3-4,21-36,55-56H,1-2,5-20,37-42H2/t55-,56-/m1/s1. The molecule has 4 aromatic carbocycles. The molecule has 2 atom stereocenters. The van der Waals surface area contributed by atoms with Gasteiger partial charge in [0.25, 0.3) is 12.6 Å². The second kappa shape index (κ2) is 30.9. The first kappa shape index (κ1) is 52.7. The Bertz CT molecular complexity index is 1960. The molecule has 1 fully saturated rings. The minimum Gasteiger partial charge on any atom is -0.494 e. The Kier molecular flexibility index (Phi) is 24.0. The summed E-state index contributed by atoms with van der Waals surface area (Å²) < 4.78 is 44.5. The van der Waals surface area contributed by atoms with Crippen molar-refractivity contribution in [1.29, 1.82) is 0 Å². The molecule has 4 aromatic rings. The molecule has 0 unspecified atom stereocenters. The van der Waals surface area contributed by atoms with E-state index < -0.39 is 24.5 Å². The van der Waals surface area contributed by atoms with Gasteiger partial charge in [-0.3, -0.25) is 0 Å². The van der Waals surface area contributed by atoms with Gasteiger partial charge in [-0.2, -0.15) is 0 Å². The Balaban J connectivity index is 0.955. The zero-order valence-corrected chi connectivity index (χ0v) is 39.4. The zero-order chi connectivity index (χ0) is 48.0. The number of unbranched alkanes of at least 4 members (excludes halogenated alkanes) is 14. The first-order chi connectivity index (χ1) is 33.3. The molecule has 1 aliphatic rings. The fourth-order valence-electron chi connectivity index (χ4n) is 7.47. The second-order valence-electron chi connectivity index (χ2n) is 16.6. The average Bonchev–Trinajstić information content (AvgIpc) is 3.37. The highest BCUT2D eigenvalue weighted by Crippen LogP contribution is 2.26. The molecule has 0 bridgehead atoms. The number of hydrogen-bond acceptors (Lipinski definition) is 12. The van der Waals surface area contributed by atoms with Gasteiger partial charge in [0, 0.05) is 12.2 Å². The van der Waals surface area contributed by atoms with Crippen LogP contribution < -0.4 is 9.47 Å². The van der Waals surface area contributed by atoms with Crippen LogP contribution in [-0.4, -0.2) is 76.1 Å². The SMILES string of the molecule is C=CC(=O)OCCCCCCCCCCOc1ccc(-c2ccc(C(=O)O[C@H]3OCCO[C@@H]3OC(=O)c3ccc(-c4ccc(OCCCCCCCCCCOC(=O)C=C)cc4)cc3)cc2)cc1. The lowest BCUT2D eigenvalue weighted by Crippen LogP contribution is -2.44. The second-order valence-corrected chi connectivity index (χ2v) is 16.6. The van der Waals surface area contributed by atoms with Crippen molar-refractivity contribution in [1.82, 2.24) is 0 Å². The molecule has 12 nitrogen and oxygen atoms in total. The van der Waals surface area contributed by atoms with Crippen LogP contribution in [0.2, 0.25) is 0 Å². The zero-order valence-electron chi connectivity index (χ0n) is 39.4. The number of carbonyl (C=O) groups excluding carboxylic acids is 4. The average molecular weight is 933 g/mol. The van der Waals surface area contributed by atoms with E-state index in [1.165, 1.54) is 50.7 Å². The van der Waals surface area contributed by atoms with Gasteiger partial charge in [-0.1, -0.05) is 139 Å². The van der Waals surface area contributed by atoms with Crippen LogP contribution in [-0.2, 0) is 38.0 Å². The van der Waals surface area contributed by atoms with Crippen molar-refractivity contribution in [3.63, 3.8) is 0 Å². The van der Waals surface area contributed by atoms with Crippen LogP contribution in [0, 0.1) is 0 Å². The number of carbonyl (C=O) groups is 4. The van der Waals surface area contributed by atoms with Crippen molar-refractivity contribution in [2.24, 2.45) is 0 Å². The molecule has 5 rings (SSSR count). The lowest BCUT2D eigenvalue weighted by atomic mass is 10.0. The third-order valence-electron chi connectivity index (χ3n) is 11.4. The largest absolute Gasteiger partial charge is 0.494 e. The van der Waals surface area contributed by atoms with E-state index in [4.69, 9.17) is 37.9 Å². The molecule has 364 valence electrons. The Morgan fingerprint density at radius 2 is 0.691 bits per heavy atom. The van der Waals surface area contributed by atoms with Gasteiger partial charge in [-0.05, 0) is 96.5 Å². The smallest absolute Gasteiger partial charge is 0.340 e. The Labute approximate surface area is 401 Å². The van der Waals surface area contributed by atoms with E-state index in [0.717, 1.165) is 98.0 Å². The summed E-state index contributed by atoms with van der Waals surface area (Å²) in [5.41, 5.74) is 4.42. The first-order valence-corrected chi connectivity index (χ1v) is 24.2. The van der Waals surface area contributed by atoms with Crippen LogP contribution in [0.15, 0.2) is 122 Å². The quantitative estimate of drug-likeness (QED) is 0.0199. The monoisotopic (exact) mass is 932 g/mol. The van der Waals surface area contributed by atoms with Gasteiger partial charge >= 0.3 is 23.9 Å². The molecule has 1 saturated heterocycles. The third-order valence-corrected chi connectivity index (χ3v) is 11.4. The summed E-state index contributed by atoms with van der Waals surface area (Å²) in [4.78, 5) is 48.5. The molecule has 0 aromatic heterocycles. The predicted molar refractivity (Wildman–Crippen MR) is 261 cm³/mol. The van der Waals surface area contributed by atoms with Crippen LogP contribution in [0.5, 0.6) is 11.5 Å². The molecular formula is C56H68O12. The maximum Gasteiger partial charge on any atom is 0.340 e. The first-order valence-electron chi connectivity index (χ1n) is 24.2. The Hall–Kier alpha value is -6.24. The highest BCUT2D eigenvalue weighted by molar-refractivity contribution is 5.91. The highest BCUT2D eigenvalue weighted by atomic mass is 16.8. The van der Waals surface area contributed by atoms with Crippen molar-refractivity contribution in [2.75, 3.05) is 39.6 Å². The summed E-state index contributed by atoms with van der Waals surface area (Å²) in [6.07, 6.45) is 17.4. The third kappa shape index (κ3) is 19.5. The number of esters is 4. The highest BCUT2D eigenvalue weighted by Gasteiger charge is 2.34. The molecule has 0 amide bonds. The normalized spacial score (nSPS) is 14.3. The topological polar surface area (TPSA) is 142 Å². The Morgan fingerprint density at radius 3 is 1.00 bits per heavy atom. The van der Waals surface area contributed by atoms with Gasteiger partial charge in [0.2, 0.25) is 0 Å². The van der Waals surface area contributed by atoms with E-state index in [2.05, 4.69) is 13.2 Å². The fraction of sp³-hybridized carbons (Fsp3) is 0.429. The molecule has 12 heteroatoms. The van der Waals surface area contributed by atoms with E-state index in [9.17, 15) is 19.2 Å². The van der Waals surface area contributed by atoms with Crippen LogP contribution >= 0.6 is 0 Å². The van der Waals surface area contributed by atoms with Gasteiger partial charge < -0.3 is 37.9 Å². The predicted octanol–water partition coefficient (Wildman–Crippen LogP) is 12.2. The van der Waals surface area contributed by atoms with E-state index in [1.807, 2.05) is 72.8 Å². The minimum absolute atomic E-state index is 0.171. The summed E-state index contributed by atoms with van der Waals surface area (Å²) in [7, 11) is 0. The number of rotatable bonds is 32. The Morgan fingerprint density at radius 1 is 0.412 bits per heavy atom. The lowest BCUT2D eigenvalue weighted by Gasteiger charge is -2.30. The van der Waals surface area contributed by atoms with Gasteiger partial charge in [0.15, 0.2) is 0 Å². The lowest BCUT2D eigenvalue weighted by molar-refractivity contribution is -0.288. The molecule has 1 heterocycles. The van der Waals surface area contributed by atoms with E-state index in [-0.39, 0.29) is 25.2 Å². The van der Waals surface area contributed by atoms with E-state index in [0.29, 0.717) is 37.6 Å². The minimum atomic E-state index is -1.24. The van der Waals surface area contributed by atoms with Gasteiger partial charge in [0.05, 0.1) is 50.8 Å². The van der Waals surface area contributed by atoms with Crippen LogP contribution in [0.3, 0.4) is 0 Å². The number of benzene rings is 4. The maximum atomic E-state index is 13.2. The molecular weight excluding hydrogens is 865 g/mol. The summed E-state index contributed by atoms with van der Waals surface area (Å²) in [6.45, 7) is 9.38. The maximum absolute atomic E-state index is 13.2. The van der Waals surface area contributed by atoms with E-state index >= 15 is 0 Å². The van der Waals surface area contributed by atoms with Crippen molar-refractivity contribution in [3.8, 4) is 33.8 Å². The van der Waals surface area contributed by atoms with Crippen LogP contribution in [0.1, 0.15) is 123 Å². The van der Waals surface area contributed by atoms with Crippen LogP contribution in [0.4, 0.5) is 0 Å². The molecule has 68 heavy (non-hydrogen) atoms. The molecule has 0 N–H and O–H groups in total. The molecule has 0 radical (unpaired) electrons. The van der Waals surface area contributed by atoms with Gasteiger partial charge in [-0.15, -0.1) is 0 Å². The van der Waals surface area contributed by atoms with Gasteiger partial charge in [-0.25, -0.2) is 19.2 Å². The van der Waals surface area contributed by atoms with Crippen molar-refractivity contribution >= 4 is 23.9 Å². The number of hydrogen-bond donors (Lipinski definition) is 0. The molecule has 1 aliphatic heterocycles. The van der Waals surface area contributed by atoms with Crippen molar-refractivity contribution in [2.45, 2.75) is 115 Å². The van der Waals surface area contributed by atoms with Gasteiger partial charge in [0.1, 0.15) is 11.5 Å². The molecule has 0 aliphatic carbocycles. The van der Waals surface area contributed by atoms with Crippen LogP contribution in [0.25, 0.3) is 22.3 Å². The van der Waals surface area contributed by atoms with Crippen molar-refractivity contribution < 1.29 is 57.1 Å². The van der Waals surface area contributed by atoms with Crippen molar-refractivity contribution in [3.05, 3.63) is 133 Å². The van der Waals surface area contributed by atoms with E-state index in [1.54, 1.807) is 24.3 Å². The fourth-order valence-corrected chi connectivity index (χ4v) is 7.47. The number of ether oxygens (including phenoxy) is 8. The summed E-state index contributed by atoms with van der Waals surface area (Å²) in [5, 5.41) is 0.